The molecule has 138 valence electrons. The number of carbonyl (C=O) groups excluding carboxylic acids is 2. The third-order valence-electron chi connectivity index (χ3n) is 4.96. The van der Waals surface area contributed by atoms with Crippen LogP contribution in [0.5, 0.6) is 5.75 Å². The number of fused-ring (bicyclic) bond motifs is 1. The molecule has 3 aromatic rings. The fourth-order valence-electron chi connectivity index (χ4n) is 3.62. The van der Waals surface area contributed by atoms with Crippen LogP contribution in [0.15, 0.2) is 65.8 Å². The molecule has 1 aliphatic carbocycles. The monoisotopic (exact) mass is 389 g/mol. The van der Waals surface area contributed by atoms with Gasteiger partial charge in [-0.25, -0.2) is 0 Å². The van der Waals surface area contributed by atoms with Crippen LogP contribution in [0, 0.1) is 0 Å². The first-order chi connectivity index (χ1) is 13.6. The number of anilines is 1. The highest BCUT2D eigenvalue weighted by Gasteiger charge is 2.53. The van der Waals surface area contributed by atoms with Crippen LogP contribution in [0.25, 0.3) is 10.8 Å². The molecule has 0 saturated carbocycles. The highest BCUT2D eigenvalue weighted by atomic mass is 32.2. The molecule has 0 bridgehead atoms. The zero-order valence-electron chi connectivity index (χ0n) is 14.9. The molecule has 1 aliphatic heterocycles. The lowest BCUT2D eigenvalue weighted by molar-refractivity contribution is -0.110. The lowest BCUT2D eigenvalue weighted by Crippen LogP contribution is -2.38. The van der Waals surface area contributed by atoms with Crippen LogP contribution in [0.1, 0.15) is 15.9 Å². The molecule has 6 nitrogen and oxygen atoms in total. The SMILES string of the molecule is COc1ccc(NC(=O)C2=NNC3(S2)C(=O)c2cccc4cccc3c24)cc1. The van der Waals surface area contributed by atoms with Gasteiger partial charge in [0.25, 0.3) is 5.91 Å². The molecule has 0 fully saturated rings. The van der Waals surface area contributed by atoms with E-state index in [1.807, 2.05) is 36.4 Å². The molecule has 3 aromatic carbocycles. The number of benzene rings is 3. The Morgan fingerprint density at radius 3 is 2.61 bits per heavy atom. The van der Waals surface area contributed by atoms with E-state index in [-0.39, 0.29) is 16.7 Å². The summed E-state index contributed by atoms with van der Waals surface area (Å²) in [7, 11) is 1.58. The number of Topliss-reactive ketones (excluding diaryl/α,β-unsaturated/α-hetero) is 1. The van der Waals surface area contributed by atoms with E-state index in [0.29, 0.717) is 17.0 Å². The van der Waals surface area contributed by atoms with Gasteiger partial charge in [0.2, 0.25) is 5.78 Å². The van der Waals surface area contributed by atoms with Crippen molar-refractivity contribution in [2.75, 3.05) is 12.4 Å². The van der Waals surface area contributed by atoms with Crippen molar-refractivity contribution in [3.63, 3.8) is 0 Å². The number of ketones is 1. The second-order valence-corrected chi connectivity index (χ2v) is 7.74. The smallest absolute Gasteiger partial charge is 0.282 e. The Morgan fingerprint density at radius 1 is 1.11 bits per heavy atom. The Morgan fingerprint density at radius 2 is 1.86 bits per heavy atom. The van der Waals surface area contributed by atoms with Crippen molar-refractivity contribution in [3.05, 3.63) is 71.8 Å². The number of hydrogen-bond acceptors (Lipinski definition) is 6. The number of hydrogen-bond donors (Lipinski definition) is 2. The summed E-state index contributed by atoms with van der Waals surface area (Å²) in [6.07, 6.45) is 0. The van der Waals surface area contributed by atoms with Gasteiger partial charge in [-0.1, -0.05) is 48.2 Å². The molecule has 1 heterocycles. The van der Waals surface area contributed by atoms with E-state index in [4.69, 9.17) is 4.74 Å². The molecule has 0 radical (unpaired) electrons. The van der Waals surface area contributed by atoms with E-state index < -0.39 is 4.87 Å². The molecule has 0 aromatic heterocycles. The zero-order chi connectivity index (χ0) is 19.3. The van der Waals surface area contributed by atoms with Gasteiger partial charge in [-0.3, -0.25) is 15.0 Å². The highest BCUT2D eigenvalue weighted by molar-refractivity contribution is 8.17. The van der Waals surface area contributed by atoms with Crippen LogP contribution in [0.3, 0.4) is 0 Å². The second kappa shape index (κ2) is 6.10. The van der Waals surface area contributed by atoms with Crippen LogP contribution in [0.2, 0.25) is 0 Å². The van der Waals surface area contributed by atoms with E-state index in [9.17, 15) is 9.59 Å². The van der Waals surface area contributed by atoms with Crippen molar-refractivity contribution < 1.29 is 14.3 Å². The minimum absolute atomic E-state index is 0.0831. The summed E-state index contributed by atoms with van der Waals surface area (Å²) in [4.78, 5) is 24.8. The topological polar surface area (TPSA) is 79.8 Å². The molecule has 1 atom stereocenters. The maximum Gasteiger partial charge on any atom is 0.282 e. The van der Waals surface area contributed by atoms with Crippen molar-refractivity contribution in [1.29, 1.82) is 0 Å². The molecule has 1 unspecified atom stereocenters. The number of methoxy groups -OCH3 is 1. The lowest BCUT2D eigenvalue weighted by Gasteiger charge is -2.21. The van der Waals surface area contributed by atoms with E-state index in [0.717, 1.165) is 28.1 Å². The van der Waals surface area contributed by atoms with Gasteiger partial charge in [0, 0.05) is 16.8 Å². The normalized spacial score (nSPS) is 19.6. The number of rotatable bonds is 3. The number of amides is 1. The first-order valence-electron chi connectivity index (χ1n) is 8.69. The summed E-state index contributed by atoms with van der Waals surface area (Å²) in [6, 6.07) is 18.5. The van der Waals surface area contributed by atoms with Gasteiger partial charge in [-0.15, -0.1) is 0 Å². The quantitative estimate of drug-likeness (QED) is 0.717. The van der Waals surface area contributed by atoms with Crippen molar-refractivity contribution in [3.8, 4) is 5.75 Å². The Balaban J connectivity index is 1.43. The van der Waals surface area contributed by atoms with Gasteiger partial charge in [0.05, 0.1) is 7.11 Å². The molecular weight excluding hydrogens is 374 g/mol. The van der Waals surface area contributed by atoms with Crippen molar-refractivity contribution in [2.45, 2.75) is 4.87 Å². The Labute approximate surface area is 165 Å². The van der Waals surface area contributed by atoms with Crippen LogP contribution >= 0.6 is 11.8 Å². The highest BCUT2D eigenvalue weighted by Crippen LogP contribution is 2.50. The van der Waals surface area contributed by atoms with Gasteiger partial charge in [-0.2, -0.15) is 5.10 Å². The number of thioether (sulfide) groups is 1. The van der Waals surface area contributed by atoms with E-state index in [1.54, 1.807) is 31.4 Å². The standard InChI is InChI=1S/C21H15N3O3S/c1-27-14-10-8-13(9-11-14)22-19(26)20-23-24-21(28-20)16-7-3-5-12-4-2-6-15(17(12)16)18(21)25/h2-11,24H,1H3,(H,22,26). The molecule has 1 amide bonds. The number of ether oxygens (including phenoxy) is 1. The van der Waals surface area contributed by atoms with Crippen molar-refractivity contribution in [1.82, 2.24) is 5.43 Å². The van der Waals surface area contributed by atoms with Gasteiger partial charge in [0.15, 0.2) is 9.91 Å². The van der Waals surface area contributed by atoms with Crippen LogP contribution in [-0.2, 0) is 9.67 Å². The average Bonchev–Trinajstić information content (AvgIpc) is 3.28. The maximum atomic E-state index is 13.2. The minimum Gasteiger partial charge on any atom is -0.497 e. The zero-order valence-corrected chi connectivity index (χ0v) is 15.7. The largest absolute Gasteiger partial charge is 0.497 e. The summed E-state index contributed by atoms with van der Waals surface area (Å²) in [5, 5.41) is 9.13. The average molecular weight is 389 g/mol. The Hall–Kier alpha value is -3.32. The van der Waals surface area contributed by atoms with E-state index in [1.165, 1.54) is 0 Å². The van der Waals surface area contributed by atoms with E-state index >= 15 is 0 Å². The van der Waals surface area contributed by atoms with Gasteiger partial charge in [0.1, 0.15) is 5.75 Å². The third-order valence-corrected chi connectivity index (χ3v) is 6.23. The number of hydrazone groups is 1. The number of nitrogens with zero attached hydrogens (tertiary/aromatic N) is 1. The summed E-state index contributed by atoms with van der Waals surface area (Å²) in [6.45, 7) is 0. The van der Waals surface area contributed by atoms with Crippen LogP contribution < -0.4 is 15.5 Å². The number of nitrogens with one attached hydrogen (secondary N) is 2. The van der Waals surface area contributed by atoms with Crippen LogP contribution in [-0.4, -0.2) is 23.8 Å². The molecular formula is C21H15N3O3S. The molecule has 5 rings (SSSR count). The Kier molecular flexibility index (Phi) is 3.67. The molecule has 2 aliphatic rings. The molecule has 0 saturated heterocycles. The summed E-state index contributed by atoms with van der Waals surface area (Å²) in [5.41, 5.74) is 5.06. The minimum atomic E-state index is -1.09. The number of carbonyl (C=O) groups is 2. The molecule has 28 heavy (non-hydrogen) atoms. The summed E-state index contributed by atoms with van der Waals surface area (Å²) >= 11 is 1.15. The van der Waals surface area contributed by atoms with Crippen molar-refractivity contribution >= 4 is 45.0 Å². The van der Waals surface area contributed by atoms with Gasteiger partial charge >= 0.3 is 0 Å². The molecule has 7 heteroatoms. The predicted octanol–water partition coefficient (Wildman–Crippen LogP) is 3.49. The fraction of sp³-hybridized carbons (Fsp3) is 0.0952. The van der Waals surface area contributed by atoms with Gasteiger partial charge < -0.3 is 10.1 Å². The molecule has 2 N–H and O–H groups in total. The summed E-state index contributed by atoms with van der Waals surface area (Å²) in [5.74, 6) is 0.254. The maximum absolute atomic E-state index is 13.2. The first-order valence-corrected chi connectivity index (χ1v) is 9.50. The predicted molar refractivity (Wildman–Crippen MR) is 110 cm³/mol. The first kappa shape index (κ1) is 16.8. The molecule has 1 spiro atoms. The summed E-state index contributed by atoms with van der Waals surface area (Å²) < 4.78 is 5.12. The van der Waals surface area contributed by atoms with Crippen LogP contribution in [0.4, 0.5) is 5.69 Å². The fourth-order valence-corrected chi connectivity index (χ4v) is 4.72. The van der Waals surface area contributed by atoms with Gasteiger partial charge in [-0.05, 0) is 35.0 Å². The van der Waals surface area contributed by atoms with Crippen molar-refractivity contribution in [2.24, 2.45) is 5.10 Å². The second-order valence-electron chi connectivity index (χ2n) is 6.53. The third kappa shape index (κ3) is 2.33. The Bertz CT molecular complexity index is 1170. The lowest BCUT2D eigenvalue weighted by atomic mass is 10.0. The van der Waals surface area contributed by atoms with E-state index in [2.05, 4.69) is 15.8 Å².